The van der Waals surface area contributed by atoms with E-state index < -0.39 is 16.0 Å². The Morgan fingerprint density at radius 1 is 1.33 bits per heavy atom. The number of nitrogens with zero attached hydrogens (tertiary/aromatic N) is 2. The first-order valence-corrected chi connectivity index (χ1v) is 9.27. The number of aliphatic hydroxyl groups is 1. The molecule has 1 saturated heterocycles. The van der Waals surface area contributed by atoms with E-state index in [1.54, 1.807) is 0 Å². The average Bonchev–Trinajstić information content (AvgIpc) is 2.83. The number of sulfonamides is 1. The Morgan fingerprint density at radius 2 is 1.95 bits per heavy atom. The highest BCUT2D eigenvalue weighted by Crippen LogP contribution is 2.33. The number of rotatable bonds is 5. The van der Waals surface area contributed by atoms with E-state index in [0.717, 1.165) is 11.3 Å². The number of aromatic carboxylic acids is 1. The second kappa shape index (κ2) is 6.71. The maximum Gasteiger partial charge on any atom is 0.345 e. The van der Waals surface area contributed by atoms with Crippen LogP contribution in [0.1, 0.15) is 9.67 Å². The summed E-state index contributed by atoms with van der Waals surface area (Å²) < 4.78 is 26.8. The molecule has 1 fully saturated rings. The van der Waals surface area contributed by atoms with Crippen molar-refractivity contribution in [2.24, 2.45) is 0 Å². The Morgan fingerprint density at radius 3 is 2.43 bits per heavy atom. The number of aliphatic hydroxyl groups excluding tert-OH is 1. The summed E-state index contributed by atoms with van der Waals surface area (Å²) in [5.41, 5.74) is 0. The van der Waals surface area contributed by atoms with Crippen molar-refractivity contribution < 1.29 is 23.4 Å². The topological polar surface area (TPSA) is 98.1 Å². The number of hydrogen-bond acceptors (Lipinski definition) is 6. The minimum atomic E-state index is -3.70. The maximum absolute atomic E-state index is 12.6. The van der Waals surface area contributed by atoms with Gasteiger partial charge in [-0.3, -0.25) is 4.90 Å². The predicted molar refractivity (Wildman–Crippen MR) is 81.3 cm³/mol. The molecule has 1 aromatic heterocycles. The number of piperazine rings is 1. The van der Waals surface area contributed by atoms with Gasteiger partial charge < -0.3 is 10.2 Å². The lowest BCUT2D eigenvalue weighted by Gasteiger charge is -2.33. The van der Waals surface area contributed by atoms with Crippen LogP contribution >= 0.6 is 27.3 Å². The summed E-state index contributed by atoms with van der Waals surface area (Å²) in [6.45, 7) is 2.32. The predicted octanol–water partition coefficient (Wildman–Crippen LogP) is 0.507. The molecule has 7 nitrogen and oxygen atoms in total. The van der Waals surface area contributed by atoms with E-state index in [1.165, 1.54) is 10.4 Å². The van der Waals surface area contributed by atoms with Gasteiger partial charge in [0.1, 0.15) is 9.77 Å². The first-order chi connectivity index (χ1) is 9.86. The van der Waals surface area contributed by atoms with Crippen LogP contribution in [-0.2, 0) is 10.0 Å². The molecule has 0 saturated carbocycles. The summed E-state index contributed by atoms with van der Waals surface area (Å²) in [4.78, 5) is 12.9. The van der Waals surface area contributed by atoms with Crippen LogP contribution in [0.15, 0.2) is 14.7 Å². The number of carboxylic acid groups (broad SMARTS) is 1. The molecule has 0 aliphatic carbocycles. The van der Waals surface area contributed by atoms with Crippen molar-refractivity contribution in [2.75, 3.05) is 39.3 Å². The molecule has 2 N–H and O–H groups in total. The average molecular weight is 399 g/mol. The fraction of sp³-hybridized carbons (Fsp3) is 0.545. The monoisotopic (exact) mass is 398 g/mol. The second-order valence-corrected chi connectivity index (χ2v) is 8.80. The van der Waals surface area contributed by atoms with Crippen LogP contribution in [0, 0.1) is 0 Å². The molecule has 10 heteroatoms. The summed E-state index contributed by atoms with van der Waals surface area (Å²) in [5.74, 6) is -1.14. The number of carboxylic acids is 1. The second-order valence-electron chi connectivity index (χ2n) is 4.52. The zero-order chi connectivity index (χ0) is 15.6. The van der Waals surface area contributed by atoms with E-state index in [9.17, 15) is 13.2 Å². The van der Waals surface area contributed by atoms with Gasteiger partial charge in [-0.15, -0.1) is 11.3 Å². The third kappa shape index (κ3) is 3.63. The molecule has 1 aliphatic rings. The third-order valence-corrected chi connectivity index (χ3v) is 7.37. The molecule has 21 heavy (non-hydrogen) atoms. The molecule has 2 heterocycles. The van der Waals surface area contributed by atoms with Crippen LogP contribution in [0.2, 0.25) is 0 Å². The van der Waals surface area contributed by atoms with E-state index in [2.05, 4.69) is 15.9 Å². The minimum absolute atomic E-state index is 0.000471. The molecule has 0 amide bonds. The highest BCUT2D eigenvalue weighted by Gasteiger charge is 2.31. The first-order valence-electron chi connectivity index (χ1n) is 6.22. The number of hydrogen-bond donors (Lipinski definition) is 2. The summed E-state index contributed by atoms with van der Waals surface area (Å²) in [6.07, 6.45) is 0. The van der Waals surface area contributed by atoms with Crippen molar-refractivity contribution in [1.29, 1.82) is 0 Å². The van der Waals surface area contributed by atoms with Gasteiger partial charge in [0.25, 0.3) is 0 Å². The lowest BCUT2D eigenvalue weighted by atomic mass is 10.4. The van der Waals surface area contributed by atoms with Gasteiger partial charge in [-0.05, 0) is 22.0 Å². The van der Waals surface area contributed by atoms with Crippen LogP contribution < -0.4 is 0 Å². The normalized spacial score (nSPS) is 18.0. The van der Waals surface area contributed by atoms with E-state index >= 15 is 0 Å². The van der Waals surface area contributed by atoms with E-state index in [1.807, 2.05) is 4.90 Å². The molecule has 1 aromatic rings. The quantitative estimate of drug-likeness (QED) is 0.749. The van der Waals surface area contributed by atoms with Gasteiger partial charge in [0.15, 0.2) is 0 Å². The first kappa shape index (κ1) is 16.8. The Kier molecular flexibility index (Phi) is 5.38. The minimum Gasteiger partial charge on any atom is -0.477 e. The summed E-state index contributed by atoms with van der Waals surface area (Å²) >= 11 is 4.02. The third-order valence-electron chi connectivity index (χ3n) is 3.23. The van der Waals surface area contributed by atoms with E-state index in [4.69, 9.17) is 10.2 Å². The highest BCUT2D eigenvalue weighted by molar-refractivity contribution is 9.11. The Balaban J connectivity index is 2.18. The lowest BCUT2D eigenvalue weighted by molar-refractivity contribution is 0.0702. The van der Waals surface area contributed by atoms with E-state index in [-0.39, 0.29) is 16.4 Å². The summed E-state index contributed by atoms with van der Waals surface area (Å²) in [5, 5.41) is 17.8. The van der Waals surface area contributed by atoms with Crippen molar-refractivity contribution in [2.45, 2.75) is 4.90 Å². The molecule has 0 aromatic carbocycles. The van der Waals surface area contributed by atoms with Crippen LogP contribution in [0.3, 0.4) is 0 Å². The van der Waals surface area contributed by atoms with Gasteiger partial charge >= 0.3 is 5.97 Å². The molecule has 0 spiro atoms. The van der Waals surface area contributed by atoms with Crippen molar-refractivity contribution in [3.05, 3.63) is 14.7 Å². The Bertz CT molecular complexity index is 623. The van der Waals surface area contributed by atoms with Crippen molar-refractivity contribution >= 4 is 43.3 Å². The molecule has 1 aliphatic heterocycles. The molecular formula is C11H15BrN2O5S2. The molecule has 0 atom stereocenters. The zero-order valence-corrected chi connectivity index (χ0v) is 14.2. The summed E-state index contributed by atoms with van der Waals surface area (Å²) in [6, 6.07) is 1.19. The van der Waals surface area contributed by atoms with Gasteiger partial charge in [-0.2, -0.15) is 4.31 Å². The highest BCUT2D eigenvalue weighted by atomic mass is 79.9. The van der Waals surface area contributed by atoms with E-state index in [0.29, 0.717) is 36.5 Å². The van der Waals surface area contributed by atoms with Gasteiger partial charge in [-0.25, -0.2) is 13.2 Å². The molecule has 118 valence electrons. The van der Waals surface area contributed by atoms with Gasteiger partial charge in [0.05, 0.1) is 10.4 Å². The van der Waals surface area contributed by atoms with Crippen molar-refractivity contribution in [3.63, 3.8) is 0 Å². The summed E-state index contributed by atoms with van der Waals surface area (Å²) in [7, 11) is -3.70. The fourth-order valence-electron chi connectivity index (χ4n) is 2.11. The SMILES string of the molecule is O=C(O)c1cc(S(=O)(=O)N2CCN(CCO)CC2)c(Br)s1. The van der Waals surface area contributed by atoms with Gasteiger partial charge in [-0.1, -0.05) is 0 Å². The van der Waals surface area contributed by atoms with Gasteiger partial charge in [0.2, 0.25) is 10.0 Å². The van der Waals surface area contributed by atoms with Crippen molar-refractivity contribution in [1.82, 2.24) is 9.21 Å². The maximum atomic E-state index is 12.6. The van der Waals surface area contributed by atoms with Crippen molar-refractivity contribution in [3.8, 4) is 0 Å². The smallest absolute Gasteiger partial charge is 0.345 e. The number of halogens is 1. The van der Waals surface area contributed by atoms with Crippen LogP contribution in [0.5, 0.6) is 0 Å². The molecule has 0 bridgehead atoms. The largest absolute Gasteiger partial charge is 0.477 e. The zero-order valence-electron chi connectivity index (χ0n) is 11.0. The number of thiophene rings is 1. The lowest BCUT2D eigenvalue weighted by Crippen LogP contribution is -2.49. The molecule has 2 rings (SSSR count). The Labute approximate surface area is 135 Å². The molecule has 0 unspecified atom stereocenters. The Hall–Kier alpha value is -0.520. The number of carbonyl (C=O) groups is 1. The molecular weight excluding hydrogens is 384 g/mol. The number of β-amino-alcohol motifs (C(OH)–C–C–N with tert-alkyl or cyclic N) is 1. The standard InChI is InChI=1S/C11H15BrN2O5S2/c12-10-9(7-8(20-10)11(16)17)21(18,19)14-3-1-13(2-4-14)5-6-15/h7,15H,1-6H2,(H,16,17). The fourth-order valence-corrected chi connectivity index (χ4v) is 5.88. The van der Waals surface area contributed by atoms with Crippen LogP contribution in [0.4, 0.5) is 0 Å². The van der Waals surface area contributed by atoms with Gasteiger partial charge in [0, 0.05) is 32.7 Å². The van der Waals surface area contributed by atoms with Crippen LogP contribution in [-0.4, -0.2) is 73.1 Å². The van der Waals surface area contributed by atoms with Crippen LogP contribution in [0.25, 0.3) is 0 Å². The molecule has 0 radical (unpaired) electrons.